The van der Waals surface area contributed by atoms with Crippen LogP contribution in [0, 0.1) is 0 Å². The van der Waals surface area contributed by atoms with Crippen molar-refractivity contribution in [2.45, 2.75) is 32.1 Å². The van der Waals surface area contributed by atoms with Gasteiger partial charge in [0.05, 0.1) is 6.10 Å². The van der Waals surface area contributed by atoms with Gasteiger partial charge in [-0.25, -0.2) is 0 Å². The molecule has 1 aliphatic heterocycles. The molecule has 1 aromatic rings. The molecule has 0 saturated carbocycles. The standard InChI is InChI=1S/C15H21F2N3O2.HI/c1-18-15(20-10-13-6-3-7-21-13)19-9-11-4-2-5-12(8-11)22-14(16)17;/h2,4-5,8,13-14H,3,6-7,9-10H2,1H3,(H2,18,19,20);1H. The fraction of sp³-hybridized carbons (Fsp3) is 0.533. The minimum atomic E-state index is -2.82. The van der Waals surface area contributed by atoms with E-state index in [1.165, 1.54) is 6.07 Å². The molecular weight excluding hydrogens is 419 g/mol. The SMILES string of the molecule is CN=C(NCc1cccc(OC(F)F)c1)NCC1CCCO1.I. The summed E-state index contributed by atoms with van der Waals surface area (Å²) in [5, 5.41) is 6.32. The van der Waals surface area contributed by atoms with E-state index in [1.807, 2.05) is 6.07 Å². The van der Waals surface area contributed by atoms with Gasteiger partial charge in [-0.2, -0.15) is 8.78 Å². The maximum absolute atomic E-state index is 12.2. The second-order valence-corrected chi connectivity index (χ2v) is 4.97. The van der Waals surface area contributed by atoms with Crippen molar-refractivity contribution < 1.29 is 18.3 Å². The van der Waals surface area contributed by atoms with Crippen LogP contribution in [-0.4, -0.2) is 38.9 Å². The summed E-state index contributed by atoms with van der Waals surface area (Å²) in [5.74, 6) is 0.798. The Morgan fingerprint density at radius 3 is 2.91 bits per heavy atom. The van der Waals surface area contributed by atoms with Crippen LogP contribution in [0.3, 0.4) is 0 Å². The largest absolute Gasteiger partial charge is 0.435 e. The Morgan fingerprint density at radius 2 is 2.26 bits per heavy atom. The first-order valence-electron chi connectivity index (χ1n) is 7.27. The summed E-state index contributed by atoms with van der Waals surface area (Å²) >= 11 is 0. The first-order chi connectivity index (χ1) is 10.7. The van der Waals surface area contributed by atoms with Crippen LogP contribution < -0.4 is 15.4 Å². The molecule has 23 heavy (non-hydrogen) atoms. The van der Waals surface area contributed by atoms with Gasteiger partial charge in [-0.3, -0.25) is 4.99 Å². The molecule has 0 amide bonds. The summed E-state index contributed by atoms with van der Waals surface area (Å²) in [7, 11) is 1.68. The van der Waals surface area contributed by atoms with Gasteiger partial charge in [0.25, 0.3) is 0 Å². The number of rotatable bonds is 6. The van der Waals surface area contributed by atoms with Crippen molar-refractivity contribution in [3.63, 3.8) is 0 Å². The van der Waals surface area contributed by atoms with Crippen molar-refractivity contribution in [3.8, 4) is 5.75 Å². The lowest BCUT2D eigenvalue weighted by Crippen LogP contribution is -2.40. The van der Waals surface area contributed by atoms with Crippen molar-refractivity contribution in [2.24, 2.45) is 4.99 Å². The summed E-state index contributed by atoms with van der Waals surface area (Å²) in [6.07, 6.45) is 2.37. The topological polar surface area (TPSA) is 54.9 Å². The summed E-state index contributed by atoms with van der Waals surface area (Å²) < 4.78 is 34.3. The normalized spacial score (nSPS) is 17.7. The zero-order chi connectivity index (χ0) is 15.8. The van der Waals surface area contributed by atoms with E-state index in [-0.39, 0.29) is 35.8 Å². The third kappa shape index (κ3) is 7.30. The second-order valence-electron chi connectivity index (χ2n) is 4.97. The number of guanidine groups is 1. The van der Waals surface area contributed by atoms with Crippen molar-refractivity contribution in [3.05, 3.63) is 29.8 Å². The van der Waals surface area contributed by atoms with E-state index < -0.39 is 6.61 Å². The van der Waals surface area contributed by atoms with Crippen molar-refractivity contribution in [1.29, 1.82) is 0 Å². The molecule has 2 N–H and O–H groups in total. The lowest BCUT2D eigenvalue weighted by atomic mass is 10.2. The van der Waals surface area contributed by atoms with Gasteiger partial charge >= 0.3 is 6.61 Å². The minimum absolute atomic E-state index is 0. The van der Waals surface area contributed by atoms with Gasteiger partial charge in [0, 0.05) is 26.7 Å². The average molecular weight is 441 g/mol. The quantitative estimate of drug-likeness (QED) is 0.405. The van der Waals surface area contributed by atoms with Gasteiger partial charge in [-0.05, 0) is 30.5 Å². The van der Waals surface area contributed by atoms with Crippen LogP contribution in [0.2, 0.25) is 0 Å². The van der Waals surface area contributed by atoms with Crippen molar-refractivity contribution in [2.75, 3.05) is 20.2 Å². The Morgan fingerprint density at radius 1 is 1.43 bits per heavy atom. The van der Waals surface area contributed by atoms with Crippen LogP contribution >= 0.6 is 24.0 Å². The summed E-state index contributed by atoms with van der Waals surface area (Å²) in [6.45, 7) is -0.834. The van der Waals surface area contributed by atoms with E-state index in [0.717, 1.165) is 25.0 Å². The average Bonchev–Trinajstić information content (AvgIpc) is 3.00. The maximum Gasteiger partial charge on any atom is 0.387 e. The fourth-order valence-electron chi connectivity index (χ4n) is 2.25. The molecule has 0 spiro atoms. The van der Waals surface area contributed by atoms with Crippen LogP contribution in [0.5, 0.6) is 5.75 Å². The highest BCUT2D eigenvalue weighted by Crippen LogP contribution is 2.15. The number of halogens is 3. The molecule has 1 aromatic carbocycles. The van der Waals surface area contributed by atoms with Crippen molar-refractivity contribution >= 4 is 29.9 Å². The van der Waals surface area contributed by atoms with Crippen LogP contribution in [0.1, 0.15) is 18.4 Å². The van der Waals surface area contributed by atoms with E-state index in [9.17, 15) is 8.78 Å². The highest BCUT2D eigenvalue weighted by Gasteiger charge is 2.15. The first kappa shape index (κ1) is 19.9. The lowest BCUT2D eigenvalue weighted by molar-refractivity contribution is -0.0498. The Hall–Kier alpha value is -1.16. The summed E-state index contributed by atoms with van der Waals surface area (Å²) in [6, 6.07) is 6.59. The number of benzene rings is 1. The molecule has 0 bridgehead atoms. The molecule has 1 unspecified atom stereocenters. The van der Waals surface area contributed by atoms with Gasteiger partial charge < -0.3 is 20.1 Å². The molecule has 0 aromatic heterocycles. The highest BCUT2D eigenvalue weighted by molar-refractivity contribution is 14.0. The number of nitrogens with zero attached hydrogens (tertiary/aromatic N) is 1. The predicted octanol–water partition coefficient (Wildman–Crippen LogP) is 2.75. The fourth-order valence-corrected chi connectivity index (χ4v) is 2.25. The molecular formula is C15H22F2IN3O2. The van der Waals surface area contributed by atoms with E-state index >= 15 is 0 Å². The molecule has 0 radical (unpaired) electrons. The van der Waals surface area contributed by atoms with E-state index in [4.69, 9.17) is 4.74 Å². The Balaban J connectivity index is 0.00000264. The Bertz CT molecular complexity index is 497. The molecule has 1 saturated heterocycles. The highest BCUT2D eigenvalue weighted by atomic mass is 127. The zero-order valence-corrected chi connectivity index (χ0v) is 15.3. The number of ether oxygens (including phenoxy) is 2. The smallest absolute Gasteiger partial charge is 0.387 e. The third-order valence-corrected chi connectivity index (χ3v) is 3.33. The van der Waals surface area contributed by atoms with E-state index in [0.29, 0.717) is 19.0 Å². The number of aliphatic imine (C=N–C) groups is 1. The number of hydrogen-bond acceptors (Lipinski definition) is 3. The van der Waals surface area contributed by atoms with Gasteiger partial charge in [0.15, 0.2) is 5.96 Å². The lowest BCUT2D eigenvalue weighted by Gasteiger charge is -2.15. The molecule has 1 aliphatic rings. The molecule has 1 fully saturated rings. The van der Waals surface area contributed by atoms with Crippen LogP contribution in [0.25, 0.3) is 0 Å². The van der Waals surface area contributed by atoms with Gasteiger partial charge in [-0.1, -0.05) is 12.1 Å². The molecule has 8 heteroatoms. The van der Waals surface area contributed by atoms with E-state index in [1.54, 1.807) is 19.2 Å². The number of hydrogen-bond donors (Lipinski definition) is 2. The molecule has 5 nitrogen and oxygen atoms in total. The van der Waals surface area contributed by atoms with Crippen LogP contribution in [0.4, 0.5) is 8.78 Å². The first-order valence-corrected chi connectivity index (χ1v) is 7.27. The number of nitrogens with one attached hydrogen (secondary N) is 2. The van der Waals surface area contributed by atoms with Gasteiger partial charge in [0.1, 0.15) is 5.75 Å². The molecule has 130 valence electrons. The predicted molar refractivity (Wildman–Crippen MR) is 95.7 cm³/mol. The van der Waals surface area contributed by atoms with Gasteiger partial charge in [0.2, 0.25) is 0 Å². The summed E-state index contributed by atoms with van der Waals surface area (Å²) in [5.41, 5.74) is 0.832. The monoisotopic (exact) mass is 441 g/mol. The molecule has 2 rings (SSSR count). The number of alkyl halides is 2. The third-order valence-electron chi connectivity index (χ3n) is 3.33. The maximum atomic E-state index is 12.2. The molecule has 1 heterocycles. The van der Waals surface area contributed by atoms with Crippen LogP contribution in [-0.2, 0) is 11.3 Å². The van der Waals surface area contributed by atoms with Crippen molar-refractivity contribution in [1.82, 2.24) is 10.6 Å². The molecule has 0 aliphatic carbocycles. The van der Waals surface area contributed by atoms with E-state index in [2.05, 4.69) is 20.4 Å². The van der Waals surface area contributed by atoms with Crippen LogP contribution in [0.15, 0.2) is 29.3 Å². The second kappa shape index (κ2) is 10.6. The Kier molecular flexibility index (Phi) is 9.15. The summed E-state index contributed by atoms with van der Waals surface area (Å²) in [4.78, 5) is 4.12. The minimum Gasteiger partial charge on any atom is -0.435 e. The van der Waals surface area contributed by atoms with Gasteiger partial charge in [-0.15, -0.1) is 24.0 Å². The molecule has 1 atom stereocenters. The zero-order valence-electron chi connectivity index (χ0n) is 12.9. The Labute approximate surface area is 151 Å².